The molecule has 0 aromatic heterocycles. The van der Waals surface area contributed by atoms with Crippen molar-refractivity contribution in [1.29, 1.82) is 0 Å². The van der Waals surface area contributed by atoms with Crippen LogP contribution >= 0.6 is 34.8 Å². The zero-order chi connectivity index (χ0) is 9.19. The molecular weight excluding hydrogens is 226 g/mol. The number of rotatable bonds is 3. The van der Waals surface area contributed by atoms with Gasteiger partial charge in [0.25, 0.3) is 0 Å². The summed E-state index contributed by atoms with van der Waals surface area (Å²) < 4.78 is 7.93. The fourth-order valence-electron chi connectivity index (χ4n) is 0.593. The summed E-state index contributed by atoms with van der Waals surface area (Å²) in [6, 6.07) is 0. The topological polar surface area (TPSA) is 38.8 Å². The molecule has 0 amide bonds. The zero-order valence-electron chi connectivity index (χ0n) is 6.06. The summed E-state index contributed by atoms with van der Waals surface area (Å²) in [5.74, 6) is -0.399. The van der Waals surface area contributed by atoms with E-state index in [1.54, 1.807) is 0 Å². The van der Waals surface area contributed by atoms with Crippen LogP contribution in [0.2, 0.25) is 0 Å². The average Bonchev–Trinajstić information content (AvgIpc) is 2.66. The van der Waals surface area contributed by atoms with E-state index in [-0.39, 0.29) is 19.1 Å². The molecule has 1 aliphatic heterocycles. The standard InChI is InChI=1S/C6H7Cl3O3/c7-6(8,9)3-12-5(10)1-4-2-11-4/h4H,1-3H2. The highest BCUT2D eigenvalue weighted by molar-refractivity contribution is 6.67. The molecule has 70 valence electrons. The molecule has 0 aromatic carbocycles. The van der Waals surface area contributed by atoms with Gasteiger partial charge >= 0.3 is 5.97 Å². The van der Waals surface area contributed by atoms with Crippen LogP contribution in [0.4, 0.5) is 0 Å². The number of esters is 1. The Morgan fingerprint density at radius 1 is 1.58 bits per heavy atom. The molecule has 0 aliphatic carbocycles. The molecule has 3 nitrogen and oxygen atoms in total. The average molecular weight is 233 g/mol. The highest BCUT2D eigenvalue weighted by atomic mass is 35.6. The summed E-state index contributed by atoms with van der Waals surface area (Å²) in [4.78, 5) is 10.9. The molecule has 0 N–H and O–H groups in total. The van der Waals surface area contributed by atoms with Crippen LogP contribution in [0.5, 0.6) is 0 Å². The van der Waals surface area contributed by atoms with Gasteiger partial charge in [-0.05, 0) is 0 Å². The Bertz CT molecular complexity index is 173. The maximum Gasteiger partial charge on any atom is 0.308 e. The summed E-state index contributed by atoms with van der Waals surface area (Å²) in [5, 5.41) is 0. The summed E-state index contributed by atoms with van der Waals surface area (Å²) >= 11 is 16.1. The maximum absolute atomic E-state index is 10.9. The van der Waals surface area contributed by atoms with Gasteiger partial charge in [-0.25, -0.2) is 0 Å². The summed E-state index contributed by atoms with van der Waals surface area (Å²) in [5.41, 5.74) is 0. The molecular formula is C6H7Cl3O3. The van der Waals surface area contributed by atoms with Gasteiger partial charge in [0.1, 0.15) is 6.61 Å². The molecule has 6 heteroatoms. The highest BCUT2D eigenvalue weighted by Gasteiger charge is 2.28. The molecule has 1 atom stereocenters. The Kier molecular flexibility index (Phi) is 3.47. The second-order valence-electron chi connectivity index (χ2n) is 2.44. The van der Waals surface area contributed by atoms with Crippen molar-refractivity contribution in [2.45, 2.75) is 16.3 Å². The van der Waals surface area contributed by atoms with Crippen LogP contribution in [0.1, 0.15) is 6.42 Å². The number of hydrogen-bond donors (Lipinski definition) is 0. The van der Waals surface area contributed by atoms with Gasteiger partial charge in [0.15, 0.2) is 0 Å². The molecule has 0 saturated carbocycles. The second-order valence-corrected chi connectivity index (χ2v) is 4.95. The first-order valence-electron chi connectivity index (χ1n) is 3.31. The minimum Gasteiger partial charge on any atom is -0.461 e. The first-order chi connectivity index (χ1) is 5.47. The Labute approximate surface area is 84.9 Å². The summed E-state index contributed by atoms with van der Waals surface area (Å²) in [6.45, 7) is 0.395. The third-order valence-corrected chi connectivity index (χ3v) is 1.52. The van der Waals surface area contributed by atoms with Gasteiger partial charge in [-0.1, -0.05) is 34.8 Å². The lowest BCUT2D eigenvalue weighted by atomic mass is 10.3. The van der Waals surface area contributed by atoms with Crippen LogP contribution in [-0.4, -0.2) is 29.1 Å². The fraction of sp³-hybridized carbons (Fsp3) is 0.833. The molecule has 1 saturated heterocycles. The van der Waals surface area contributed by atoms with Gasteiger partial charge in [-0.3, -0.25) is 4.79 Å². The van der Waals surface area contributed by atoms with E-state index in [0.717, 1.165) is 0 Å². The minimum absolute atomic E-state index is 0.00729. The van der Waals surface area contributed by atoms with Crippen LogP contribution in [0.15, 0.2) is 0 Å². The van der Waals surface area contributed by atoms with E-state index < -0.39 is 9.76 Å². The molecule has 0 spiro atoms. The van der Waals surface area contributed by atoms with Crippen LogP contribution in [0, 0.1) is 0 Å². The van der Waals surface area contributed by atoms with E-state index in [9.17, 15) is 4.79 Å². The Balaban J connectivity index is 2.09. The van der Waals surface area contributed by atoms with E-state index in [4.69, 9.17) is 39.5 Å². The predicted molar refractivity (Wildman–Crippen MR) is 45.6 cm³/mol. The molecule has 1 aliphatic rings. The van der Waals surface area contributed by atoms with E-state index in [2.05, 4.69) is 4.74 Å². The van der Waals surface area contributed by atoms with Crippen molar-refractivity contribution < 1.29 is 14.3 Å². The second kappa shape index (κ2) is 4.01. The molecule has 0 radical (unpaired) electrons. The van der Waals surface area contributed by atoms with Gasteiger partial charge in [0.2, 0.25) is 3.79 Å². The van der Waals surface area contributed by atoms with Crippen molar-refractivity contribution in [2.24, 2.45) is 0 Å². The van der Waals surface area contributed by atoms with Gasteiger partial charge in [0, 0.05) is 0 Å². The van der Waals surface area contributed by atoms with E-state index in [1.807, 2.05) is 0 Å². The number of alkyl halides is 3. The van der Waals surface area contributed by atoms with Crippen molar-refractivity contribution in [3.63, 3.8) is 0 Å². The van der Waals surface area contributed by atoms with Crippen molar-refractivity contribution in [3.8, 4) is 0 Å². The van der Waals surface area contributed by atoms with Crippen molar-refractivity contribution in [1.82, 2.24) is 0 Å². The maximum atomic E-state index is 10.9. The highest BCUT2D eigenvalue weighted by Crippen LogP contribution is 2.26. The van der Waals surface area contributed by atoms with Crippen LogP contribution in [-0.2, 0) is 14.3 Å². The van der Waals surface area contributed by atoms with Crippen molar-refractivity contribution in [3.05, 3.63) is 0 Å². The number of carbonyl (C=O) groups is 1. The Hall–Kier alpha value is 0.300. The smallest absolute Gasteiger partial charge is 0.308 e. The third kappa shape index (κ3) is 5.04. The number of epoxide rings is 1. The zero-order valence-corrected chi connectivity index (χ0v) is 8.33. The summed E-state index contributed by atoms with van der Waals surface area (Å²) in [6.07, 6.45) is 0.244. The number of halogens is 3. The largest absolute Gasteiger partial charge is 0.461 e. The Morgan fingerprint density at radius 2 is 2.17 bits per heavy atom. The van der Waals surface area contributed by atoms with Crippen molar-refractivity contribution >= 4 is 40.8 Å². The first kappa shape index (κ1) is 10.4. The quantitative estimate of drug-likeness (QED) is 0.423. The molecule has 0 bridgehead atoms. The lowest BCUT2D eigenvalue weighted by Gasteiger charge is -2.10. The first-order valence-corrected chi connectivity index (χ1v) is 4.45. The SMILES string of the molecule is O=C(CC1CO1)OCC(Cl)(Cl)Cl. The lowest BCUT2D eigenvalue weighted by Crippen LogP contribution is -2.18. The molecule has 1 fully saturated rings. The third-order valence-electron chi connectivity index (χ3n) is 1.19. The minimum atomic E-state index is -1.53. The normalized spacial score (nSPS) is 22.1. The van der Waals surface area contributed by atoms with Crippen molar-refractivity contribution in [2.75, 3.05) is 13.2 Å². The monoisotopic (exact) mass is 232 g/mol. The number of ether oxygens (including phenoxy) is 2. The Morgan fingerprint density at radius 3 is 2.58 bits per heavy atom. The molecule has 1 rings (SSSR count). The lowest BCUT2D eigenvalue weighted by molar-refractivity contribution is -0.143. The van der Waals surface area contributed by atoms with E-state index in [1.165, 1.54) is 0 Å². The summed E-state index contributed by atoms with van der Waals surface area (Å²) in [7, 11) is 0. The number of hydrogen-bond acceptors (Lipinski definition) is 3. The van der Waals surface area contributed by atoms with Gasteiger partial charge in [0.05, 0.1) is 19.1 Å². The van der Waals surface area contributed by atoms with Crippen LogP contribution < -0.4 is 0 Å². The van der Waals surface area contributed by atoms with Crippen LogP contribution in [0.3, 0.4) is 0 Å². The van der Waals surface area contributed by atoms with E-state index >= 15 is 0 Å². The number of carbonyl (C=O) groups excluding carboxylic acids is 1. The molecule has 0 aromatic rings. The molecule has 12 heavy (non-hydrogen) atoms. The predicted octanol–water partition coefficient (Wildman–Crippen LogP) is 1.69. The molecule has 1 heterocycles. The molecule has 1 unspecified atom stereocenters. The van der Waals surface area contributed by atoms with Crippen LogP contribution in [0.25, 0.3) is 0 Å². The van der Waals surface area contributed by atoms with E-state index in [0.29, 0.717) is 6.61 Å². The fourth-order valence-corrected chi connectivity index (χ4v) is 0.757. The van der Waals surface area contributed by atoms with Gasteiger partial charge in [-0.15, -0.1) is 0 Å². The van der Waals surface area contributed by atoms with Gasteiger partial charge in [-0.2, -0.15) is 0 Å². The van der Waals surface area contributed by atoms with Gasteiger partial charge < -0.3 is 9.47 Å².